The predicted molar refractivity (Wildman–Crippen MR) is 87.2 cm³/mol. The molecule has 2 atom stereocenters. The zero-order valence-corrected chi connectivity index (χ0v) is 14.1. The van der Waals surface area contributed by atoms with Crippen molar-refractivity contribution >= 4 is 15.9 Å². The number of hydrogen-bond donors (Lipinski definition) is 1. The highest BCUT2D eigenvalue weighted by Crippen LogP contribution is 2.29. The van der Waals surface area contributed by atoms with Crippen LogP contribution in [0.15, 0.2) is 28.7 Å². The van der Waals surface area contributed by atoms with E-state index < -0.39 is 0 Å². The van der Waals surface area contributed by atoms with Crippen molar-refractivity contribution in [2.75, 3.05) is 6.54 Å². The Hall–Kier alpha value is -0.890. The van der Waals surface area contributed by atoms with E-state index in [1.807, 2.05) is 12.1 Å². The minimum absolute atomic E-state index is 0.0605. The van der Waals surface area contributed by atoms with Crippen LogP contribution in [-0.2, 0) is 0 Å². The van der Waals surface area contributed by atoms with E-state index in [9.17, 15) is 0 Å². The maximum absolute atomic E-state index is 8.87. The molecule has 0 fully saturated rings. The van der Waals surface area contributed by atoms with Gasteiger partial charge in [-0.1, -0.05) is 35.0 Å². The molecule has 0 aliphatic rings. The quantitative estimate of drug-likeness (QED) is 0.821. The van der Waals surface area contributed by atoms with Crippen LogP contribution in [0.4, 0.5) is 0 Å². The van der Waals surface area contributed by atoms with E-state index in [1.54, 1.807) is 0 Å². The fourth-order valence-electron chi connectivity index (χ4n) is 2.50. The monoisotopic (exact) mass is 337 g/mol. The van der Waals surface area contributed by atoms with Gasteiger partial charge in [0, 0.05) is 29.5 Å². The average molecular weight is 338 g/mol. The molecule has 1 aromatic rings. The molecule has 0 heterocycles. The molecule has 0 aliphatic carbocycles. The van der Waals surface area contributed by atoms with Crippen LogP contribution in [0, 0.1) is 11.3 Å². The van der Waals surface area contributed by atoms with Gasteiger partial charge >= 0.3 is 0 Å². The van der Waals surface area contributed by atoms with Crippen molar-refractivity contribution in [1.29, 1.82) is 5.26 Å². The van der Waals surface area contributed by atoms with Crippen LogP contribution in [0.3, 0.4) is 0 Å². The van der Waals surface area contributed by atoms with Gasteiger partial charge in [-0.15, -0.1) is 0 Å². The fourth-order valence-corrected chi connectivity index (χ4v) is 2.91. The van der Waals surface area contributed by atoms with E-state index in [-0.39, 0.29) is 12.1 Å². The number of nitrogens with zero attached hydrogens (tertiary/aromatic N) is 2. The SMILES string of the molecule is CCC(N)C(c1cccc(Br)c1)N(CCC#N)C(C)C. The van der Waals surface area contributed by atoms with Crippen molar-refractivity contribution in [2.45, 2.75) is 51.7 Å². The summed E-state index contributed by atoms with van der Waals surface area (Å²) in [4.78, 5) is 2.33. The molecule has 3 nitrogen and oxygen atoms in total. The van der Waals surface area contributed by atoms with Gasteiger partial charge in [0.1, 0.15) is 0 Å². The van der Waals surface area contributed by atoms with Crippen molar-refractivity contribution in [2.24, 2.45) is 5.73 Å². The molecule has 0 saturated heterocycles. The van der Waals surface area contributed by atoms with Gasteiger partial charge in [0.2, 0.25) is 0 Å². The Morgan fingerprint density at radius 2 is 2.10 bits per heavy atom. The van der Waals surface area contributed by atoms with Crippen LogP contribution in [0.1, 0.15) is 45.2 Å². The van der Waals surface area contributed by atoms with Crippen LogP contribution in [0.25, 0.3) is 0 Å². The Kier molecular flexibility index (Phi) is 7.22. The number of hydrogen-bond acceptors (Lipinski definition) is 3. The zero-order valence-electron chi connectivity index (χ0n) is 12.5. The van der Waals surface area contributed by atoms with E-state index in [0.717, 1.165) is 17.4 Å². The molecule has 0 saturated carbocycles. The number of halogens is 1. The van der Waals surface area contributed by atoms with Gasteiger partial charge < -0.3 is 5.73 Å². The second kappa shape index (κ2) is 8.41. The molecule has 1 rings (SSSR count). The average Bonchev–Trinajstić information content (AvgIpc) is 2.42. The first-order valence-electron chi connectivity index (χ1n) is 7.15. The highest BCUT2D eigenvalue weighted by Gasteiger charge is 2.27. The molecule has 1 aromatic carbocycles. The summed E-state index contributed by atoms with van der Waals surface area (Å²) in [6.07, 6.45) is 1.44. The van der Waals surface area contributed by atoms with E-state index in [0.29, 0.717) is 12.5 Å². The summed E-state index contributed by atoms with van der Waals surface area (Å²) >= 11 is 3.53. The number of nitriles is 1. The lowest BCUT2D eigenvalue weighted by molar-refractivity contribution is 0.133. The van der Waals surface area contributed by atoms with Crippen molar-refractivity contribution in [3.8, 4) is 6.07 Å². The smallest absolute Gasteiger partial charge is 0.0635 e. The van der Waals surface area contributed by atoms with Crippen molar-refractivity contribution in [3.05, 3.63) is 34.3 Å². The lowest BCUT2D eigenvalue weighted by Crippen LogP contribution is -2.44. The lowest BCUT2D eigenvalue weighted by atomic mass is 9.95. The van der Waals surface area contributed by atoms with Crippen molar-refractivity contribution in [3.63, 3.8) is 0 Å². The summed E-state index contributed by atoms with van der Waals surface area (Å²) in [6, 6.07) is 11.1. The van der Waals surface area contributed by atoms with Gasteiger partial charge in [-0.2, -0.15) is 5.26 Å². The highest BCUT2D eigenvalue weighted by molar-refractivity contribution is 9.10. The topological polar surface area (TPSA) is 53.0 Å². The second-order valence-electron chi connectivity index (χ2n) is 5.31. The van der Waals surface area contributed by atoms with Gasteiger partial charge in [-0.05, 0) is 38.0 Å². The molecule has 4 heteroatoms. The highest BCUT2D eigenvalue weighted by atomic mass is 79.9. The number of rotatable bonds is 7. The summed E-state index contributed by atoms with van der Waals surface area (Å²) in [7, 11) is 0. The largest absolute Gasteiger partial charge is 0.326 e. The Labute approximate surface area is 130 Å². The molecule has 0 aromatic heterocycles. The Morgan fingerprint density at radius 3 is 2.60 bits per heavy atom. The van der Waals surface area contributed by atoms with Gasteiger partial charge in [0.25, 0.3) is 0 Å². The summed E-state index contributed by atoms with van der Waals surface area (Å²) < 4.78 is 1.06. The molecule has 0 radical (unpaired) electrons. The minimum Gasteiger partial charge on any atom is -0.326 e. The maximum Gasteiger partial charge on any atom is 0.0635 e. The molecule has 110 valence electrons. The van der Waals surface area contributed by atoms with Crippen molar-refractivity contribution < 1.29 is 0 Å². The first kappa shape index (κ1) is 17.2. The van der Waals surface area contributed by atoms with Crippen LogP contribution in [0.5, 0.6) is 0 Å². The first-order valence-corrected chi connectivity index (χ1v) is 7.94. The molecule has 20 heavy (non-hydrogen) atoms. The first-order chi connectivity index (χ1) is 9.51. The van der Waals surface area contributed by atoms with Crippen LogP contribution < -0.4 is 5.73 Å². The van der Waals surface area contributed by atoms with Crippen LogP contribution in [-0.4, -0.2) is 23.5 Å². The Balaban J connectivity index is 3.12. The summed E-state index contributed by atoms with van der Waals surface area (Å²) in [5.41, 5.74) is 7.58. The van der Waals surface area contributed by atoms with Gasteiger partial charge in [-0.25, -0.2) is 0 Å². The maximum atomic E-state index is 8.87. The summed E-state index contributed by atoms with van der Waals surface area (Å²) in [5.74, 6) is 0. The number of benzene rings is 1. The van der Waals surface area contributed by atoms with E-state index in [2.05, 4.69) is 59.8 Å². The second-order valence-corrected chi connectivity index (χ2v) is 6.23. The van der Waals surface area contributed by atoms with E-state index in [4.69, 9.17) is 11.0 Å². The van der Waals surface area contributed by atoms with Crippen LogP contribution in [0.2, 0.25) is 0 Å². The third-order valence-corrected chi connectivity index (χ3v) is 4.06. The van der Waals surface area contributed by atoms with Gasteiger partial charge in [0.15, 0.2) is 0 Å². The molecule has 0 bridgehead atoms. The summed E-state index contributed by atoms with van der Waals surface area (Å²) in [5, 5.41) is 8.87. The molecule has 0 amide bonds. The summed E-state index contributed by atoms with van der Waals surface area (Å²) in [6.45, 7) is 7.17. The zero-order chi connectivity index (χ0) is 15.1. The number of nitrogens with two attached hydrogens (primary N) is 1. The molecular formula is C16H24BrN3. The van der Waals surface area contributed by atoms with E-state index >= 15 is 0 Å². The molecule has 0 aliphatic heterocycles. The third-order valence-electron chi connectivity index (χ3n) is 3.57. The lowest BCUT2D eigenvalue weighted by Gasteiger charge is -2.38. The fraction of sp³-hybridized carbons (Fsp3) is 0.562. The Morgan fingerprint density at radius 1 is 1.40 bits per heavy atom. The van der Waals surface area contributed by atoms with Gasteiger partial charge in [-0.3, -0.25) is 4.90 Å². The normalized spacial score (nSPS) is 14.3. The molecule has 2 unspecified atom stereocenters. The standard InChI is InChI=1S/C16H24BrN3/c1-4-15(19)16(13-7-5-8-14(17)11-13)20(12(2)3)10-6-9-18/h5,7-8,11-12,15-16H,4,6,10,19H2,1-3H3. The third kappa shape index (κ3) is 4.59. The minimum atomic E-state index is 0.0605. The Bertz CT molecular complexity index is 453. The van der Waals surface area contributed by atoms with Gasteiger partial charge in [0.05, 0.1) is 12.1 Å². The predicted octanol–water partition coefficient (Wildman–Crippen LogP) is 3.85. The van der Waals surface area contributed by atoms with Crippen LogP contribution >= 0.6 is 15.9 Å². The molecule has 2 N–H and O–H groups in total. The molecule has 0 spiro atoms. The van der Waals surface area contributed by atoms with Crippen molar-refractivity contribution in [1.82, 2.24) is 4.90 Å². The van der Waals surface area contributed by atoms with E-state index in [1.165, 1.54) is 5.56 Å². The molecular weight excluding hydrogens is 314 g/mol.